The van der Waals surface area contributed by atoms with Gasteiger partial charge in [-0.1, -0.05) is 29.3 Å². The zero-order valence-corrected chi connectivity index (χ0v) is 17.2. The molecule has 0 unspecified atom stereocenters. The second kappa shape index (κ2) is 8.73. The molecule has 144 valence electrons. The molecule has 0 spiro atoms. The van der Waals surface area contributed by atoms with E-state index in [4.69, 9.17) is 45.9 Å². The van der Waals surface area contributed by atoms with Crippen LogP contribution in [0.3, 0.4) is 0 Å². The Morgan fingerprint density at radius 2 is 1.86 bits per heavy atom. The first-order valence-electron chi connectivity index (χ1n) is 8.25. The monoisotopic (exact) mass is 435 g/mol. The van der Waals surface area contributed by atoms with Crippen LogP contribution in [0.5, 0.6) is 5.75 Å². The molecule has 4 nitrogen and oxygen atoms in total. The molecule has 0 bridgehead atoms. The zero-order chi connectivity index (χ0) is 20.3. The van der Waals surface area contributed by atoms with Crippen LogP contribution < -0.4 is 15.4 Å². The van der Waals surface area contributed by atoms with Crippen LogP contribution in [-0.2, 0) is 6.61 Å². The molecule has 3 aromatic rings. The summed E-state index contributed by atoms with van der Waals surface area (Å²) in [6.07, 6.45) is 0. The van der Waals surface area contributed by atoms with Crippen LogP contribution in [-0.4, -0.2) is 10.1 Å². The van der Waals surface area contributed by atoms with E-state index in [1.165, 1.54) is 12.1 Å². The van der Waals surface area contributed by atoms with Crippen molar-refractivity contribution in [1.29, 1.82) is 0 Å². The fraction of sp³-hybridized carbons (Fsp3) is 0.100. The van der Waals surface area contributed by atoms with E-state index in [1.54, 1.807) is 47.4 Å². The average molecular weight is 436 g/mol. The maximum Gasteiger partial charge on any atom is 0.182 e. The molecule has 0 saturated carbocycles. The van der Waals surface area contributed by atoms with E-state index in [0.717, 1.165) is 5.69 Å². The molecule has 0 aliphatic heterocycles. The van der Waals surface area contributed by atoms with Gasteiger partial charge in [0.2, 0.25) is 0 Å². The van der Waals surface area contributed by atoms with Crippen molar-refractivity contribution < 1.29 is 9.13 Å². The van der Waals surface area contributed by atoms with Gasteiger partial charge in [-0.2, -0.15) is 0 Å². The van der Waals surface area contributed by atoms with Gasteiger partial charge < -0.3 is 10.5 Å². The van der Waals surface area contributed by atoms with E-state index < -0.39 is 5.82 Å². The molecule has 0 atom stereocenters. The minimum atomic E-state index is -0.446. The van der Waals surface area contributed by atoms with Gasteiger partial charge in [-0.15, -0.1) is 0 Å². The third-order valence-electron chi connectivity index (χ3n) is 3.93. The lowest BCUT2D eigenvalue weighted by Gasteiger charge is -2.24. The van der Waals surface area contributed by atoms with E-state index in [1.807, 2.05) is 6.92 Å². The standard InChI is InChI=1S/C20H16Cl2FN3OS/c1-12-5-10-18(27-11-15-16(22)3-2-4-17(15)23)19(25-12)26(20(24)28)14-8-6-13(21)7-9-14/h2-10H,11H2,1H3,(H2,24,28). The number of halogens is 3. The van der Waals surface area contributed by atoms with Crippen LogP contribution in [0.2, 0.25) is 10.0 Å². The Labute approximate surface area is 177 Å². The third-order valence-corrected chi connectivity index (χ3v) is 4.72. The number of thiocarbonyl (C=S) groups is 1. The highest BCUT2D eigenvalue weighted by atomic mass is 35.5. The van der Waals surface area contributed by atoms with Gasteiger partial charge in [0.15, 0.2) is 16.7 Å². The summed E-state index contributed by atoms with van der Waals surface area (Å²) in [6, 6.07) is 15.0. The number of nitrogens with two attached hydrogens (primary N) is 1. The van der Waals surface area contributed by atoms with Gasteiger partial charge in [-0.25, -0.2) is 9.37 Å². The zero-order valence-electron chi connectivity index (χ0n) is 14.8. The van der Waals surface area contributed by atoms with E-state index in [9.17, 15) is 4.39 Å². The molecule has 0 aliphatic rings. The maximum atomic E-state index is 14.1. The Hall–Kier alpha value is -2.41. The molecule has 0 saturated heterocycles. The van der Waals surface area contributed by atoms with Crippen molar-refractivity contribution >= 4 is 52.0 Å². The van der Waals surface area contributed by atoms with Crippen LogP contribution >= 0.6 is 35.4 Å². The van der Waals surface area contributed by atoms with Gasteiger partial charge in [0, 0.05) is 16.3 Å². The van der Waals surface area contributed by atoms with Crippen LogP contribution in [0.1, 0.15) is 11.3 Å². The number of hydrogen-bond donors (Lipinski definition) is 1. The Kier molecular flexibility index (Phi) is 6.34. The lowest BCUT2D eigenvalue weighted by molar-refractivity contribution is 0.300. The SMILES string of the molecule is Cc1ccc(OCc2c(F)cccc2Cl)c(N(C(N)=S)c2ccc(Cl)cc2)n1. The van der Waals surface area contributed by atoms with Gasteiger partial charge >= 0.3 is 0 Å². The molecule has 0 aliphatic carbocycles. The molecule has 0 fully saturated rings. The highest BCUT2D eigenvalue weighted by Crippen LogP contribution is 2.34. The number of benzene rings is 2. The molecule has 3 rings (SSSR count). The van der Waals surface area contributed by atoms with Gasteiger partial charge in [0.05, 0.1) is 10.7 Å². The number of anilines is 2. The van der Waals surface area contributed by atoms with Gasteiger partial charge in [-0.05, 0) is 67.7 Å². The van der Waals surface area contributed by atoms with Crippen LogP contribution in [0, 0.1) is 12.7 Å². The summed E-state index contributed by atoms with van der Waals surface area (Å²) in [5.41, 5.74) is 7.62. The number of ether oxygens (including phenoxy) is 1. The van der Waals surface area contributed by atoms with Crippen molar-refractivity contribution in [2.24, 2.45) is 5.73 Å². The Balaban J connectivity index is 1.99. The highest BCUT2D eigenvalue weighted by Gasteiger charge is 2.20. The van der Waals surface area contributed by atoms with Crippen molar-refractivity contribution in [2.45, 2.75) is 13.5 Å². The molecule has 0 amide bonds. The highest BCUT2D eigenvalue weighted by molar-refractivity contribution is 7.80. The Bertz CT molecular complexity index is 995. The first-order chi connectivity index (χ1) is 13.4. The summed E-state index contributed by atoms with van der Waals surface area (Å²) in [4.78, 5) is 6.09. The van der Waals surface area contributed by atoms with Crippen molar-refractivity contribution in [3.05, 3.63) is 81.7 Å². The fourth-order valence-electron chi connectivity index (χ4n) is 2.57. The normalized spacial score (nSPS) is 10.6. The first kappa shape index (κ1) is 20.3. The van der Waals surface area contributed by atoms with Crippen LogP contribution in [0.15, 0.2) is 54.6 Å². The van der Waals surface area contributed by atoms with Crippen LogP contribution in [0.25, 0.3) is 0 Å². The van der Waals surface area contributed by atoms with Gasteiger partial charge in [0.25, 0.3) is 0 Å². The van der Waals surface area contributed by atoms with Gasteiger partial charge in [0.1, 0.15) is 12.4 Å². The molecular weight excluding hydrogens is 420 g/mol. The molecular formula is C20H16Cl2FN3OS. The minimum Gasteiger partial charge on any atom is -0.485 e. The number of aryl methyl sites for hydroxylation is 1. The summed E-state index contributed by atoms with van der Waals surface area (Å²) in [7, 11) is 0. The lowest BCUT2D eigenvalue weighted by Crippen LogP contribution is -2.32. The smallest absolute Gasteiger partial charge is 0.182 e. The fourth-order valence-corrected chi connectivity index (χ4v) is 3.10. The Morgan fingerprint density at radius 3 is 2.50 bits per heavy atom. The predicted molar refractivity (Wildman–Crippen MR) is 115 cm³/mol. The molecule has 2 aromatic carbocycles. The van der Waals surface area contributed by atoms with Crippen molar-refractivity contribution in [2.75, 3.05) is 4.90 Å². The number of aromatic nitrogens is 1. The number of nitrogens with zero attached hydrogens (tertiary/aromatic N) is 2. The quantitative estimate of drug-likeness (QED) is 0.513. The van der Waals surface area contributed by atoms with Crippen molar-refractivity contribution in [3.8, 4) is 5.75 Å². The first-order valence-corrected chi connectivity index (χ1v) is 9.41. The van der Waals surface area contributed by atoms with Crippen molar-refractivity contribution in [3.63, 3.8) is 0 Å². The third kappa shape index (κ3) is 4.52. The second-order valence-electron chi connectivity index (χ2n) is 5.91. The Morgan fingerprint density at radius 1 is 1.14 bits per heavy atom. The minimum absolute atomic E-state index is 0.0744. The van der Waals surface area contributed by atoms with E-state index in [0.29, 0.717) is 22.3 Å². The molecule has 1 heterocycles. The maximum absolute atomic E-state index is 14.1. The van der Waals surface area contributed by atoms with E-state index in [2.05, 4.69) is 4.98 Å². The summed E-state index contributed by atoms with van der Waals surface area (Å²) in [5.74, 6) is 0.327. The average Bonchev–Trinajstić information content (AvgIpc) is 2.64. The molecule has 8 heteroatoms. The molecule has 1 aromatic heterocycles. The molecule has 28 heavy (non-hydrogen) atoms. The largest absolute Gasteiger partial charge is 0.485 e. The molecule has 2 N–H and O–H groups in total. The lowest BCUT2D eigenvalue weighted by atomic mass is 10.2. The van der Waals surface area contributed by atoms with E-state index in [-0.39, 0.29) is 22.3 Å². The topological polar surface area (TPSA) is 51.4 Å². The second-order valence-corrected chi connectivity index (χ2v) is 7.18. The summed E-state index contributed by atoms with van der Waals surface area (Å²) in [6.45, 7) is 1.76. The molecule has 0 radical (unpaired) electrons. The number of pyridine rings is 1. The van der Waals surface area contributed by atoms with Gasteiger partial charge in [-0.3, -0.25) is 4.90 Å². The summed E-state index contributed by atoms with van der Waals surface area (Å²) < 4.78 is 19.9. The van der Waals surface area contributed by atoms with Crippen molar-refractivity contribution in [1.82, 2.24) is 4.98 Å². The number of rotatable bonds is 5. The van der Waals surface area contributed by atoms with E-state index >= 15 is 0 Å². The van der Waals surface area contributed by atoms with Crippen LogP contribution in [0.4, 0.5) is 15.9 Å². The summed E-state index contributed by atoms with van der Waals surface area (Å²) >= 11 is 17.3. The summed E-state index contributed by atoms with van der Waals surface area (Å²) in [5, 5.41) is 0.939. The predicted octanol–water partition coefficient (Wildman–Crippen LogP) is 5.80. The number of hydrogen-bond acceptors (Lipinski definition) is 3.